The van der Waals surface area contributed by atoms with Crippen LogP contribution in [0.25, 0.3) is 10.8 Å². The van der Waals surface area contributed by atoms with Crippen molar-refractivity contribution in [2.45, 2.75) is 45.3 Å². The molecule has 2 aromatic carbocycles. The number of carbonyl (C=O) groups is 2. The Bertz CT molecular complexity index is 1010. The first-order chi connectivity index (χ1) is 13.8. The first kappa shape index (κ1) is 21.2. The van der Waals surface area contributed by atoms with Gasteiger partial charge in [0.15, 0.2) is 0 Å². The van der Waals surface area contributed by atoms with Crippen molar-refractivity contribution in [2.75, 3.05) is 5.75 Å². The number of carbonyl (C=O) groups excluding carboxylic acids is 2. The van der Waals surface area contributed by atoms with Crippen molar-refractivity contribution in [3.8, 4) is 11.5 Å². The Hall–Kier alpha value is -2.53. The van der Waals surface area contributed by atoms with Gasteiger partial charge in [0.05, 0.1) is 0 Å². The number of ether oxygens (including phenoxy) is 2. The Morgan fingerprint density at radius 1 is 1.00 bits per heavy atom. The number of thioether (sulfide) groups is 1. The van der Waals surface area contributed by atoms with Crippen LogP contribution in [-0.4, -0.2) is 22.9 Å². The summed E-state index contributed by atoms with van der Waals surface area (Å²) in [5.41, 5.74) is 2.57. The summed E-state index contributed by atoms with van der Waals surface area (Å²) in [6.07, 6.45) is 2.50. The molecule has 1 aliphatic carbocycles. The molecule has 0 bridgehead atoms. The van der Waals surface area contributed by atoms with E-state index in [-0.39, 0.29) is 0 Å². The number of hydrogen-bond donors (Lipinski definition) is 0. The summed E-state index contributed by atoms with van der Waals surface area (Å²) in [5, 5.41) is 1.94. The second-order valence-electron chi connectivity index (χ2n) is 7.32. The van der Waals surface area contributed by atoms with E-state index < -0.39 is 11.9 Å². The highest BCUT2D eigenvalue weighted by Gasteiger charge is 2.30. The minimum absolute atomic E-state index is 0.343. The number of rotatable bonds is 6. The van der Waals surface area contributed by atoms with Crippen molar-refractivity contribution in [3.63, 3.8) is 0 Å². The van der Waals surface area contributed by atoms with Gasteiger partial charge in [-0.05, 0) is 38.9 Å². The van der Waals surface area contributed by atoms with Gasteiger partial charge in [-0.15, -0.1) is 0 Å². The minimum Gasteiger partial charge on any atom is -0.422 e. The lowest BCUT2D eigenvalue weighted by Gasteiger charge is -2.28. The van der Waals surface area contributed by atoms with Gasteiger partial charge < -0.3 is 9.47 Å². The molecule has 0 spiro atoms. The topological polar surface area (TPSA) is 52.6 Å². The molecule has 0 aromatic heterocycles. The molecular weight excluding hydrogens is 384 g/mol. The van der Waals surface area contributed by atoms with Crippen LogP contribution in [0.1, 0.15) is 38.3 Å². The van der Waals surface area contributed by atoms with Crippen molar-refractivity contribution >= 4 is 34.5 Å². The van der Waals surface area contributed by atoms with Crippen LogP contribution < -0.4 is 9.47 Å². The van der Waals surface area contributed by atoms with Crippen LogP contribution in [0.4, 0.5) is 0 Å². The Balaban J connectivity index is 2.24. The van der Waals surface area contributed by atoms with Crippen molar-refractivity contribution in [1.82, 2.24) is 0 Å². The molecule has 5 heteroatoms. The van der Waals surface area contributed by atoms with Gasteiger partial charge in [-0.1, -0.05) is 44.3 Å². The van der Waals surface area contributed by atoms with E-state index in [1.165, 1.54) is 0 Å². The van der Waals surface area contributed by atoms with Gasteiger partial charge >= 0.3 is 11.9 Å². The SMILES string of the molecule is C=C(C)C(=O)Oc1c2c(c(OC(=O)C(=C)C)c3ccccc13)CC(SCC)CC2. The molecule has 1 atom stereocenters. The molecule has 152 valence electrons. The Labute approximate surface area is 176 Å². The summed E-state index contributed by atoms with van der Waals surface area (Å²) >= 11 is 1.90. The maximum absolute atomic E-state index is 12.4. The largest absolute Gasteiger partial charge is 0.422 e. The predicted molar refractivity (Wildman–Crippen MR) is 119 cm³/mol. The molecule has 1 aliphatic rings. The average molecular weight is 411 g/mol. The average Bonchev–Trinajstić information content (AvgIpc) is 2.70. The summed E-state index contributed by atoms with van der Waals surface area (Å²) < 4.78 is 11.6. The third-order valence-corrected chi connectivity index (χ3v) is 6.17. The van der Waals surface area contributed by atoms with Crippen LogP contribution >= 0.6 is 11.8 Å². The monoisotopic (exact) mass is 410 g/mol. The second-order valence-corrected chi connectivity index (χ2v) is 8.90. The standard InChI is InChI=1S/C24H26O4S/c1-6-29-16-11-12-19-20(13-16)22(28-24(26)15(4)5)18-10-8-7-9-17(18)21(19)27-23(25)14(2)3/h7-10,16H,2,4,6,11-13H2,1,3,5H3. The molecule has 0 amide bonds. The van der Waals surface area contributed by atoms with Gasteiger partial charge in [0.25, 0.3) is 0 Å². The highest BCUT2D eigenvalue weighted by Crippen LogP contribution is 2.46. The fourth-order valence-electron chi connectivity index (χ4n) is 3.56. The molecule has 4 nitrogen and oxygen atoms in total. The highest BCUT2D eigenvalue weighted by molar-refractivity contribution is 7.99. The first-order valence-corrected chi connectivity index (χ1v) is 10.8. The molecule has 29 heavy (non-hydrogen) atoms. The van der Waals surface area contributed by atoms with E-state index in [0.717, 1.165) is 46.9 Å². The van der Waals surface area contributed by atoms with E-state index in [0.29, 0.717) is 27.9 Å². The molecule has 0 saturated heterocycles. The van der Waals surface area contributed by atoms with Crippen LogP contribution in [-0.2, 0) is 22.4 Å². The van der Waals surface area contributed by atoms with Crippen LogP contribution in [0.5, 0.6) is 11.5 Å². The first-order valence-electron chi connectivity index (χ1n) is 9.76. The normalized spacial score (nSPS) is 15.5. The highest BCUT2D eigenvalue weighted by atomic mass is 32.2. The molecule has 0 N–H and O–H groups in total. The van der Waals surface area contributed by atoms with E-state index in [2.05, 4.69) is 20.1 Å². The summed E-state index contributed by atoms with van der Waals surface area (Å²) in [5.74, 6) is 1.23. The zero-order chi connectivity index (χ0) is 21.1. The van der Waals surface area contributed by atoms with E-state index in [1.54, 1.807) is 13.8 Å². The van der Waals surface area contributed by atoms with Gasteiger partial charge in [0.2, 0.25) is 0 Å². The van der Waals surface area contributed by atoms with Crippen LogP contribution in [0.2, 0.25) is 0 Å². The van der Waals surface area contributed by atoms with E-state index in [9.17, 15) is 9.59 Å². The van der Waals surface area contributed by atoms with Crippen molar-refractivity contribution in [1.29, 1.82) is 0 Å². The molecule has 3 rings (SSSR count). The van der Waals surface area contributed by atoms with Gasteiger partial charge in [-0.25, -0.2) is 9.59 Å². The third-order valence-electron chi connectivity index (χ3n) is 4.97. The summed E-state index contributed by atoms with van der Waals surface area (Å²) in [6, 6.07) is 7.56. The van der Waals surface area contributed by atoms with Crippen molar-refractivity contribution in [2.24, 2.45) is 0 Å². The van der Waals surface area contributed by atoms with E-state index in [4.69, 9.17) is 9.47 Å². The summed E-state index contributed by atoms with van der Waals surface area (Å²) in [4.78, 5) is 24.7. The molecular formula is C24H26O4S. The quantitative estimate of drug-likeness (QED) is 0.362. The number of hydrogen-bond acceptors (Lipinski definition) is 5. The minimum atomic E-state index is -0.450. The maximum Gasteiger partial charge on any atom is 0.338 e. The van der Waals surface area contributed by atoms with Crippen molar-refractivity contribution in [3.05, 3.63) is 59.7 Å². The predicted octanol–water partition coefficient (Wildman–Crippen LogP) is 5.41. The van der Waals surface area contributed by atoms with Crippen molar-refractivity contribution < 1.29 is 19.1 Å². The lowest BCUT2D eigenvalue weighted by atomic mass is 9.86. The van der Waals surface area contributed by atoms with Gasteiger partial charge in [-0.2, -0.15) is 11.8 Å². The molecule has 0 saturated carbocycles. The fourth-order valence-corrected chi connectivity index (χ4v) is 4.60. The molecule has 0 aliphatic heterocycles. The third kappa shape index (κ3) is 4.40. The zero-order valence-corrected chi connectivity index (χ0v) is 18.0. The molecule has 0 radical (unpaired) electrons. The van der Waals surface area contributed by atoms with Gasteiger partial charge in [-0.3, -0.25) is 0 Å². The Morgan fingerprint density at radius 3 is 2.00 bits per heavy atom. The van der Waals surface area contributed by atoms with E-state index in [1.807, 2.05) is 36.0 Å². The zero-order valence-electron chi connectivity index (χ0n) is 17.2. The van der Waals surface area contributed by atoms with Gasteiger partial charge in [0.1, 0.15) is 11.5 Å². The van der Waals surface area contributed by atoms with Crippen LogP contribution in [0.15, 0.2) is 48.6 Å². The molecule has 2 aromatic rings. The molecule has 0 fully saturated rings. The number of benzene rings is 2. The van der Waals surface area contributed by atoms with Crippen LogP contribution in [0, 0.1) is 0 Å². The summed E-state index contributed by atoms with van der Waals surface area (Å²) in [7, 11) is 0. The maximum atomic E-state index is 12.4. The fraction of sp³-hybridized carbons (Fsp3) is 0.333. The second kappa shape index (κ2) is 8.87. The lowest BCUT2D eigenvalue weighted by molar-refractivity contribution is -0.131. The smallest absolute Gasteiger partial charge is 0.338 e. The lowest BCUT2D eigenvalue weighted by Crippen LogP contribution is -2.21. The molecule has 1 unspecified atom stereocenters. The Kier molecular flexibility index (Phi) is 6.48. The summed E-state index contributed by atoms with van der Waals surface area (Å²) in [6.45, 7) is 12.8. The van der Waals surface area contributed by atoms with E-state index >= 15 is 0 Å². The number of esters is 2. The molecule has 0 heterocycles. The number of fused-ring (bicyclic) bond motifs is 2. The van der Waals surface area contributed by atoms with Gasteiger partial charge in [0, 0.05) is 38.3 Å². The Morgan fingerprint density at radius 2 is 1.52 bits per heavy atom. The van der Waals surface area contributed by atoms with Crippen LogP contribution in [0.3, 0.4) is 0 Å².